The molecule has 5 heteroatoms. The Bertz CT molecular complexity index is 381. The Labute approximate surface area is 93.9 Å². The van der Waals surface area contributed by atoms with Crippen LogP contribution in [0.2, 0.25) is 0 Å². The fraction of sp³-hybridized carbons (Fsp3) is 0.455. The Morgan fingerprint density at radius 1 is 1.44 bits per heavy atom. The van der Waals surface area contributed by atoms with E-state index in [1.165, 1.54) is 6.92 Å². The van der Waals surface area contributed by atoms with E-state index in [1.54, 1.807) is 4.90 Å². The average molecular weight is 224 g/mol. The van der Waals surface area contributed by atoms with Gasteiger partial charge in [0.25, 0.3) is 0 Å². The van der Waals surface area contributed by atoms with E-state index < -0.39 is 12.0 Å². The topological polar surface area (TPSA) is 76.0 Å². The van der Waals surface area contributed by atoms with Crippen LogP contribution in [0.15, 0.2) is 24.3 Å². The highest BCUT2D eigenvalue weighted by molar-refractivity contribution is 5.73. The molecule has 1 heterocycles. The van der Waals surface area contributed by atoms with Crippen LogP contribution < -0.4 is 10.2 Å². The maximum Gasteiger partial charge on any atom is 0.180 e. The van der Waals surface area contributed by atoms with Gasteiger partial charge in [0.1, 0.15) is 0 Å². The van der Waals surface area contributed by atoms with Crippen molar-refractivity contribution in [2.75, 3.05) is 23.4 Å². The van der Waals surface area contributed by atoms with E-state index in [1.807, 2.05) is 24.3 Å². The molecule has 0 fully saturated rings. The number of fused-ring (bicyclic) bond motifs is 1. The van der Waals surface area contributed by atoms with Crippen molar-refractivity contribution in [2.24, 2.45) is 0 Å². The number of nitrogens with zero attached hydrogens (tertiary/aromatic N) is 1. The number of rotatable bonds is 2. The third kappa shape index (κ3) is 1.63. The van der Waals surface area contributed by atoms with Gasteiger partial charge in [-0.15, -0.1) is 0 Å². The highest BCUT2D eigenvalue weighted by Gasteiger charge is 2.41. The summed E-state index contributed by atoms with van der Waals surface area (Å²) in [5.74, 6) is 0. The molecule has 0 saturated heterocycles. The molecule has 2 atom stereocenters. The molecule has 2 unspecified atom stereocenters. The summed E-state index contributed by atoms with van der Waals surface area (Å²) in [7, 11) is 0. The lowest BCUT2D eigenvalue weighted by atomic mass is 10.1. The summed E-state index contributed by atoms with van der Waals surface area (Å²) in [6.45, 7) is 1.69. The number of β-amino-alcohol motifs (C(OH)–C–C–N with tert-alkyl or cyclic N) is 1. The largest absolute Gasteiger partial charge is 0.395 e. The molecule has 0 amide bonds. The minimum Gasteiger partial charge on any atom is -0.395 e. The van der Waals surface area contributed by atoms with Gasteiger partial charge in [-0.2, -0.15) is 0 Å². The summed E-state index contributed by atoms with van der Waals surface area (Å²) in [5, 5.41) is 31.8. The standard InChI is InChI=1S/C11H16N2O3/c1-11(16)10(15)12-8-4-2-3-5-9(8)13(11)6-7-14/h2-5,10,12,14-16H,6-7H2,1H3. The zero-order chi connectivity index (χ0) is 11.8. The van der Waals surface area contributed by atoms with Crippen molar-refractivity contribution in [3.63, 3.8) is 0 Å². The molecule has 0 spiro atoms. The third-order valence-electron chi connectivity index (χ3n) is 2.88. The van der Waals surface area contributed by atoms with Crippen LogP contribution >= 0.6 is 0 Å². The van der Waals surface area contributed by atoms with Crippen LogP contribution in [-0.2, 0) is 0 Å². The first-order chi connectivity index (χ1) is 7.57. The van der Waals surface area contributed by atoms with E-state index in [0.29, 0.717) is 0 Å². The Morgan fingerprint density at radius 2 is 2.12 bits per heavy atom. The quantitative estimate of drug-likeness (QED) is 0.566. The number of para-hydroxylation sites is 2. The van der Waals surface area contributed by atoms with Gasteiger partial charge >= 0.3 is 0 Å². The molecule has 0 saturated carbocycles. The first kappa shape index (κ1) is 11.2. The second-order valence-electron chi connectivity index (χ2n) is 4.03. The summed E-state index contributed by atoms with van der Waals surface area (Å²) in [6.07, 6.45) is -1.09. The maximum absolute atomic E-state index is 10.2. The predicted molar refractivity (Wildman–Crippen MR) is 61.1 cm³/mol. The van der Waals surface area contributed by atoms with Crippen LogP contribution in [0.4, 0.5) is 11.4 Å². The van der Waals surface area contributed by atoms with Crippen LogP contribution in [0.25, 0.3) is 0 Å². The molecule has 0 aromatic heterocycles. The van der Waals surface area contributed by atoms with Crippen LogP contribution in [0.3, 0.4) is 0 Å². The first-order valence-corrected chi connectivity index (χ1v) is 5.22. The second kappa shape index (κ2) is 3.93. The molecule has 1 aliphatic heterocycles. The van der Waals surface area contributed by atoms with E-state index in [-0.39, 0.29) is 13.2 Å². The van der Waals surface area contributed by atoms with Gasteiger partial charge in [-0.1, -0.05) is 12.1 Å². The summed E-state index contributed by atoms with van der Waals surface area (Å²) in [4.78, 5) is 1.59. The third-order valence-corrected chi connectivity index (χ3v) is 2.88. The lowest BCUT2D eigenvalue weighted by Gasteiger charge is -2.46. The predicted octanol–water partition coefficient (Wildman–Crippen LogP) is -0.0623. The highest BCUT2D eigenvalue weighted by Crippen LogP contribution is 2.36. The van der Waals surface area contributed by atoms with Crippen molar-refractivity contribution in [3.05, 3.63) is 24.3 Å². The van der Waals surface area contributed by atoms with Gasteiger partial charge in [0.05, 0.1) is 18.0 Å². The molecular weight excluding hydrogens is 208 g/mol. The number of aliphatic hydroxyl groups is 3. The molecule has 16 heavy (non-hydrogen) atoms. The van der Waals surface area contributed by atoms with Gasteiger partial charge in [0.2, 0.25) is 0 Å². The Balaban J connectivity index is 2.45. The molecule has 4 N–H and O–H groups in total. The zero-order valence-electron chi connectivity index (χ0n) is 9.09. The van der Waals surface area contributed by atoms with Crippen LogP contribution in [0.5, 0.6) is 0 Å². The minimum atomic E-state index is -1.43. The fourth-order valence-electron chi connectivity index (χ4n) is 1.95. The number of nitrogens with one attached hydrogen (secondary N) is 1. The molecule has 1 aromatic carbocycles. The number of aliphatic hydroxyl groups excluding tert-OH is 2. The first-order valence-electron chi connectivity index (χ1n) is 5.22. The molecule has 1 aliphatic rings. The molecule has 0 bridgehead atoms. The Hall–Kier alpha value is -1.30. The second-order valence-corrected chi connectivity index (χ2v) is 4.03. The number of benzene rings is 1. The lowest BCUT2D eigenvalue weighted by Crippen LogP contribution is -2.61. The maximum atomic E-state index is 10.2. The molecule has 88 valence electrons. The zero-order valence-corrected chi connectivity index (χ0v) is 9.09. The lowest BCUT2D eigenvalue weighted by molar-refractivity contribution is -0.0535. The number of anilines is 2. The van der Waals surface area contributed by atoms with Gasteiger partial charge in [-0.05, 0) is 19.1 Å². The molecular formula is C11H16N2O3. The van der Waals surface area contributed by atoms with Gasteiger partial charge < -0.3 is 25.5 Å². The van der Waals surface area contributed by atoms with Crippen molar-refractivity contribution in [1.82, 2.24) is 0 Å². The molecule has 0 aliphatic carbocycles. The SMILES string of the molecule is CC1(O)C(O)Nc2ccccc2N1CCO. The van der Waals surface area contributed by atoms with Crippen molar-refractivity contribution >= 4 is 11.4 Å². The summed E-state index contributed by atoms with van der Waals surface area (Å²) >= 11 is 0. The monoisotopic (exact) mass is 224 g/mol. The van der Waals surface area contributed by atoms with E-state index in [4.69, 9.17) is 5.11 Å². The van der Waals surface area contributed by atoms with E-state index in [2.05, 4.69) is 5.32 Å². The van der Waals surface area contributed by atoms with Crippen molar-refractivity contribution in [1.29, 1.82) is 0 Å². The normalized spacial score (nSPS) is 28.5. The Kier molecular flexibility index (Phi) is 2.75. The van der Waals surface area contributed by atoms with Gasteiger partial charge in [-0.25, -0.2) is 0 Å². The fourth-order valence-corrected chi connectivity index (χ4v) is 1.95. The number of hydrogen-bond acceptors (Lipinski definition) is 5. The van der Waals surface area contributed by atoms with E-state index >= 15 is 0 Å². The van der Waals surface area contributed by atoms with Crippen LogP contribution in [-0.4, -0.2) is 40.4 Å². The summed E-state index contributed by atoms with van der Waals surface area (Å²) in [5.41, 5.74) is 0.0821. The van der Waals surface area contributed by atoms with Crippen molar-refractivity contribution in [3.8, 4) is 0 Å². The van der Waals surface area contributed by atoms with Gasteiger partial charge in [0.15, 0.2) is 12.0 Å². The average Bonchev–Trinajstić information content (AvgIpc) is 2.25. The molecule has 2 rings (SSSR count). The number of hydrogen-bond donors (Lipinski definition) is 4. The molecule has 1 aromatic rings. The summed E-state index contributed by atoms with van der Waals surface area (Å²) < 4.78 is 0. The van der Waals surface area contributed by atoms with Crippen LogP contribution in [0.1, 0.15) is 6.92 Å². The summed E-state index contributed by atoms with van der Waals surface area (Å²) in [6, 6.07) is 7.34. The molecule has 5 nitrogen and oxygen atoms in total. The van der Waals surface area contributed by atoms with E-state index in [0.717, 1.165) is 11.4 Å². The van der Waals surface area contributed by atoms with Gasteiger partial charge in [-0.3, -0.25) is 0 Å². The Morgan fingerprint density at radius 3 is 2.81 bits per heavy atom. The van der Waals surface area contributed by atoms with Crippen molar-refractivity contribution < 1.29 is 15.3 Å². The highest BCUT2D eigenvalue weighted by atomic mass is 16.4. The van der Waals surface area contributed by atoms with Crippen LogP contribution in [0, 0.1) is 0 Å². The minimum absolute atomic E-state index is 0.0861. The van der Waals surface area contributed by atoms with E-state index in [9.17, 15) is 10.2 Å². The molecule has 0 radical (unpaired) electrons. The smallest absolute Gasteiger partial charge is 0.180 e. The van der Waals surface area contributed by atoms with Crippen molar-refractivity contribution in [2.45, 2.75) is 18.9 Å². The van der Waals surface area contributed by atoms with Gasteiger partial charge in [0, 0.05) is 6.54 Å².